The van der Waals surface area contributed by atoms with E-state index < -0.39 is 18.2 Å². The Labute approximate surface area is 158 Å². The molecule has 2 aliphatic heterocycles. The predicted molar refractivity (Wildman–Crippen MR) is 95.3 cm³/mol. The molecule has 0 aromatic carbocycles. The van der Waals surface area contributed by atoms with Crippen LogP contribution in [0.2, 0.25) is 0 Å². The lowest BCUT2D eigenvalue weighted by molar-refractivity contribution is -0.153. The topological polar surface area (TPSA) is 89.9 Å². The number of ketones is 1. The highest BCUT2D eigenvalue weighted by Gasteiger charge is 2.49. The van der Waals surface area contributed by atoms with Crippen molar-refractivity contribution < 1.29 is 29.0 Å². The maximum atomic E-state index is 12.5. The van der Waals surface area contributed by atoms with E-state index in [4.69, 9.17) is 9.47 Å². The molecule has 0 unspecified atom stereocenters. The molecule has 1 saturated carbocycles. The molecule has 6 heteroatoms. The number of esters is 2. The Morgan fingerprint density at radius 2 is 1.96 bits per heavy atom. The summed E-state index contributed by atoms with van der Waals surface area (Å²) in [5.41, 5.74) is 0.148. The quantitative estimate of drug-likeness (QED) is 0.429. The van der Waals surface area contributed by atoms with E-state index in [1.165, 1.54) is 6.92 Å². The lowest BCUT2D eigenvalue weighted by Gasteiger charge is -2.38. The second-order valence-electron chi connectivity index (χ2n) is 8.51. The number of carbonyl (C=O) groups excluding carboxylic acids is 3. The number of carbonyl (C=O) groups is 3. The van der Waals surface area contributed by atoms with Crippen molar-refractivity contribution in [2.75, 3.05) is 0 Å². The first kappa shape index (κ1) is 18.4. The molecule has 2 bridgehead atoms. The lowest BCUT2D eigenvalue weighted by atomic mass is 9.68. The number of Topliss-reactive ketones (excluding diaryl/α,β-unsaturated/α-hetero) is 1. The number of aliphatic hydroxyl groups is 1. The third-order valence-electron chi connectivity index (χ3n) is 6.60. The van der Waals surface area contributed by atoms with Crippen LogP contribution in [-0.4, -0.2) is 41.1 Å². The Hall–Kier alpha value is -1.95. The highest BCUT2D eigenvalue weighted by Crippen LogP contribution is 2.50. The van der Waals surface area contributed by atoms with Crippen LogP contribution in [0.5, 0.6) is 0 Å². The van der Waals surface area contributed by atoms with Crippen LogP contribution in [0.15, 0.2) is 23.8 Å². The number of aliphatic hydroxyl groups excluding tert-OH is 1. The molecule has 2 fully saturated rings. The van der Waals surface area contributed by atoms with Crippen molar-refractivity contribution in [2.24, 2.45) is 29.6 Å². The molecular weight excluding hydrogens is 348 g/mol. The van der Waals surface area contributed by atoms with Crippen molar-refractivity contribution in [2.45, 2.75) is 57.8 Å². The third kappa shape index (κ3) is 3.35. The van der Waals surface area contributed by atoms with Gasteiger partial charge in [-0.15, -0.1) is 0 Å². The Morgan fingerprint density at radius 1 is 1.19 bits per heavy atom. The van der Waals surface area contributed by atoms with Crippen LogP contribution in [0, 0.1) is 29.6 Å². The van der Waals surface area contributed by atoms with E-state index in [2.05, 4.69) is 19.1 Å². The van der Waals surface area contributed by atoms with Crippen LogP contribution in [-0.2, 0) is 23.9 Å². The average Bonchev–Trinajstić information content (AvgIpc) is 2.87. The van der Waals surface area contributed by atoms with Gasteiger partial charge in [-0.2, -0.15) is 0 Å². The smallest absolute Gasteiger partial charge is 0.341 e. The van der Waals surface area contributed by atoms with Crippen molar-refractivity contribution in [3.05, 3.63) is 23.8 Å². The molecule has 0 aromatic rings. The molecule has 6 nitrogen and oxygen atoms in total. The van der Waals surface area contributed by atoms with Crippen LogP contribution in [0.4, 0.5) is 0 Å². The summed E-state index contributed by atoms with van der Waals surface area (Å²) < 4.78 is 11.0. The van der Waals surface area contributed by atoms with Gasteiger partial charge in [-0.1, -0.05) is 25.2 Å². The molecule has 3 aliphatic carbocycles. The average molecular weight is 374 g/mol. The summed E-state index contributed by atoms with van der Waals surface area (Å²) in [7, 11) is 0. The monoisotopic (exact) mass is 374 g/mol. The van der Waals surface area contributed by atoms with Gasteiger partial charge in [-0.05, 0) is 36.5 Å². The highest BCUT2D eigenvalue weighted by atomic mass is 16.5. The van der Waals surface area contributed by atoms with Gasteiger partial charge in [0.25, 0.3) is 0 Å². The van der Waals surface area contributed by atoms with E-state index in [9.17, 15) is 19.5 Å². The lowest BCUT2D eigenvalue weighted by Crippen LogP contribution is -2.40. The fraction of sp³-hybridized carbons (Fsp3) is 0.667. The van der Waals surface area contributed by atoms with Gasteiger partial charge in [0.1, 0.15) is 12.2 Å². The number of hydrogen-bond donors (Lipinski definition) is 1. The van der Waals surface area contributed by atoms with Gasteiger partial charge in [0.05, 0.1) is 11.7 Å². The number of ether oxygens (including phenoxy) is 2. The van der Waals surface area contributed by atoms with E-state index in [0.29, 0.717) is 12.8 Å². The first-order valence-corrected chi connectivity index (χ1v) is 9.83. The Morgan fingerprint density at radius 3 is 2.67 bits per heavy atom. The van der Waals surface area contributed by atoms with E-state index >= 15 is 0 Å². The van der Waals surface area contributed by atoms with Crippen molar-refractivity contribution in [3.63, 3.8) is 0 Å². The summed E-state index contributed by atoms with van der Waals surface area (Å²) in [6.45, 7) is 3.49. The summed E-state index contributed by atoms with van der Waals surface area (Å²) >= 11 is 0. The first-order chi connectivity index (χ1) is 12.8. The van der Waals surface area contributed by atoms with E-state index in [1.807, 2.05) is 0 Å². The van der Waals surface area contributed by atoms with Gasteiger partial charge >= 0.3 is 11.9 Å². The van der Waals surface area contributed by atoms with Gasteiger partial charge in [-0.3, -0.25) is 9.59 Å². The molecule has 8 atom stereocenters. The summed E-state index contributed by atoms with van der Waals surface area (Å²) in [4.78, 5) is 36.4. The molecule has 0 spiro atoms. The van der Waals surface area contributed by atoms with Crippen LogP contribution in [0.3, 0.4) is 0 Å². The zero-order valence-electron chi connectivity index (χ0n) is 15.7. The molecule has 2 heterocycles. The van der Waals surface area contributed by atoms with Crippen molar-refractivity contribution in [3.8, 4) is 0 Å². The van der Waals surface area contributed by atoms with Crippen molar-refractivity contribution >= 4 is 17.7 Å². The SMILES string of the molecule is CC(=O)O[C@H]1[C@@H]2C=C[C@H]3C[C@H](O)C[C@H]4CC(=O)/C(=C/[C@H]3[C@@H]2C[C@H]1C)C(=O)O4. The van der Waals surface area contributed by atoms with Crippen LogP contribution < -0.4 is 0 Å². The fourth-order valence-corrected chi connectivity index (χ4v) is 5.48. The number of hydrogen-bond acceptors (Lipinski definition) is 6. The molecule has 0 amide bonds. The number of rotatable bonds is 1. The standard InChI is InChI=1S/C21H26O6/c1-10-5-17-15(20(10)26-11(2)22)4-3-12-6-13(23)7-14-8-19(24)18(9-16(12)17)21(25)27-14/h3-4,9-10,12-17,20,23H,5-8H2,1-2H3/b18-9-/t10-,12+,13+,14+,15-,16-,17-,20-/m1/s1. The molecule has 1 saturated heterocycles. The first-order valence-electron chi connectivity index (χ1n) is 9.83. The number of allylic oxidation sites excluding steroid dienone is 2. The second-order valence-corrected chi connectivity index (χ2v) is 8.51. The Kier molecular flexibility index (Phi) is 4.70. The van der Waals surface area contributed by atoms with Gasteiger partial charge in [0.15, 0.2) is 5.78 Å². The molecular formula is C21H26O6. The third-order valence-corrected chi connectivity index (χ3v) is 6.60. The maximum absolute atomic E-state index is 12.5. The van der Waals surface area contributed by atoms with E-state index in [-0.39, 0.29) is 59.4 Å². The second kappa shape index (κ2) is 6.89. The summed E-state index contributed by atoms with van der Waals surface area (Å²) in [6, 6.07) is 0. The summed E-state index contributed by atoms with van der Waals surface area (Å²) in [5, 5.41) is 10.5. The normalized spacial score (nSPS) is 45.4. The van der Waals surface area contributed by atoms with Crippen molar-refractivity contribution in [1.29, 1.82) is 0 Å². The molecule has 146 valence electrons. The molecule has 0 aromatic heterocycles. The maximum Gasteiger partial charge on any atom is 0.341 e. The largest absolute Gasteiger partial charge is 0.462 e. The van der Waals surface area contributed by atoms with Gasteiger partial charge in [-0.25, -0.2) is 4.79 Å². The van der Waals surface area contributed by atoms with E-state index in [0.717, 1.165) is 6.42 Å². The van der Waals surface area contributed by atoms with E-state index in [1.54, 1.807) is 6.08 Å². The van der Waals surface area contributed by atoms with Gasteiger partial charge in [0, 0.05) is 25.7 Å². The Balaban J connectivity index is 1.72. The minimum absolute atomic E-state index is 0.0528. The molecule has 5 rings (SSSR count). The fourth-order valence-electron chi connectivity index (χ4n) is 5.48. The molecule has 27 heavy (non-hydrogen) atoms. The van der Waals surface area contributed by atoms with Crippen LogP contribution >= 0.6 is 0 Å². The van der Waals surface area contributed by atoms with Crippen LogP contribution in [0.1, 0.15) is 39.5 Å². The zero-order valence-corrected chi connectivity index (χ0v) is 15.7. The number of fused-ring (bicyclic) bond motifs is 5. The van der Waals surface area contributed by atoms with Gasteiger partial charge < -0.3 is 14.6 Å². The zero-order chi connectivity index (χ0) is 19.3. The molecule has 1 N–H and O–H groups in total. The Bertz CT molecular complexity index is 702. The van der Waals surface area contributed by atoms with Crippen molar-refractivity contribution in [1.82, 2.24) is 0 Å². The summed E-state index contributed by atoms with van der Waals surface area (Å²) in [6.07, 6.45) is 6.47. The minimum Gasteiger partial charge on any atom is -0.462 e. The van der Waals surface area contributed by atoms with Gasteiger partial charge in [0.2, 0.25) is 0 Å². The summed E-state index contributed by atoms with van der Waals surface area (Å²) in [5.74, 6) is -0.642. The van der Waals surface area contributed by atoms with Crippen LogP contribution in [0.25, 0.3) is 0 Å². The minimum atomic E-state index is -0.625. The molecule has 5 aliphatic rings. The molecule has 0 radical (unpaired) electrons. The predicted octanol–water partition coefficient (Wildman–Crippen LogP) is 1.96. The highest BCUT2D eigenvalue weighted by molar-refractivity contribution is 6.18.